The Morgan fingerprint density at radius 3 is 1.95 bits per heavy atom. The van der Waals surface area contributed by atoms with Crippen LogP contribution in [0.4, 0.5) is 13.2 Å². The number of halogens is 3. The summed E-state index contributed by atoms with van der Waals surface area (Å²) in [6.07, 6.45) is 11.3. The minimum atomic E-state index is -5.74. The van der Waals surface area contributed by atoms with Crippen molar-refractivity contribution >= 4 is 16.2 Å². The zero-order valence-corrected chi connectivity index (χ0v) is 22.8. The minimum Gasteiger partial charge on any atom is -0.386 e. The lowest BCUT2D eigenvalue weighted by Gasteiger charge is -2.34. The van der Waals surface area contributed by atoms with Crippen LogP contribution in [0.5, 0.6) is 5.75 Å². The Balaban J connectivity index is 1.93. The third-order valence-electron chi connectivity index (χ3n) is 7.78. The van der Waals surface area contributed by atoms with E-state index < -0.39 is 26.6 Å². The monoisotopic (exact) mass is 538 g/mol. The summed E-state index contributed by atoms with van der Waals surface area (Å²) in [5.74, 6) is -0.338. The summed E-state index contributed by atoms with van der Waals surface area (Å²) in [6, 6.07) is 10.9. The van der Waals surface area contributed by atoms with E-state index >= 15 is 0 Å². The predicted molar refractivity (Wildman–Crippen MR) is 141 cm³/mol. The smallest absolute Gasteiger partial charge is 0.386 e. The molecule has 2 aromatic carbocycles. The molecule has 4 nitrogen and oxygen atoms in total. The molecule has 0 unspecified atom stereocenters. The fourth-order valence-electron chi connectivity index (χ4n) is 5.35. The normalized spacial score (nSPS) is 17.1. The molecule has 1 saturated carbocycles. The van der Waals surface area contributed by atoms with Crippen molar-refractivity contribution in [3.05, 3.63) is 70.3 Å². The third kappa shape index (κ3) is 6.40. The molecule has 0 radical (unpaired) electrons. The summed E-state index contributed by atoms with van der Waals surface area (Å²) < 4.78 is 65.7. The van der Waals surface area contributed by atoms with Gasteiger partial charge in [-0.15, -0.1) is 0 Å². The highest BCUT2D eigenvalue weighted by Crippen LogP contribution is 2.41. The Hall–Kier alpha value is -2.32. The molecule has 204 valence electrons. The summed E-state index contributed by atoms with van der Waals surface area (Å²) in [5.41, 5.74) is -2.33. The highest BCUT2D eigenvalue weighted by atomic mass is 32.2. The van der Waals surface area contributed by atoms with Gasteiger partial charge < -0.3 is 9.29 Å². The molecular weight excluding hydrogens is 501 g/mol. The van der Waals surface area contributed by atoms with Crippen molar-refractivity contribution in [2.24, 2.45) is 0 Å². The van der Waals surface area contributed by atoms with Gasteiger partial charge in [0, 0.05) is 5.41 Å². The van der Waals surface area contributed by atoms with E-state index in [1.54, 1.807) is 12.1 Å². The van der Waals surface area contributed by atoms with Gasteiger partial charge in [0.15, 0.2) is 0 Å². The van der Waals surface area contributed by atoms with Gasteiger partial charge in [0.25, 0.3) is 0 Å². The number of aliphatic hydroxyl groups is 1. The van der Waals surface area contributed by atoms with E-state index in [9.17, 15) is 26.7 Å². The van der Waals surface area contributed by atoms with Crippen LogP contribution in [-0.2, 0) is 15.5 Å². The van der Waals surface area contributed by atoms with E-state index in [4.69, 9.17) is 0 Å². The van der Waals surface area contributed by atoms with Gasteiger partial charge in [-0.1, -0.05) is 82.0 Å². The van der Waals surface area contributed by atoms with Crippen LogP contribution in [0.25, 0.3) is 6.08 Å². The maximum Gasteiger partial charge on any atom is 0.534 e. The second-order valence-electron chi connectivity index (χ2n) is 10.2. The van der Waals surface area contributed by atoms with Gasteiger partial charge >= 0.3 is 15.6 Å². The van der Waals surface area contributed by atoms with E-state index in [2.05, 4.69) is 30.2 Å². The van der Waals surface area contributed by atoms with Crippen LogP contribution in [0.15, 0.2) is 42.5 Å². The molecule has 0 amide bonds. The number of hydrogen-bond donors (Lipinski definition) is 1. The van der Waals surface area contributed by atoms with Gasteiger partial charge in [0.1, 0.15) is 5.75 Å². The van der Waals surface area contributed by atoms with Gasteiger partial charge in [-0.25, -0.2) is 0 Å². The Morgan fingerprint density at radius 1 is 0.919 bits per heavy atom. The van der Waals surface area contributed by atoms with E-state index in [1.807, 2.05) is 25.1 Å². The first-order valence-electron chi connectivity index (χ1n) is 12.9. The van der Waals surface area contributed by atoms with E-state index in [0.717, 1.165) is 73.6 Å². The summed E-state index contributed by atoms with van der Waals surface area (Å²) in [4.78, 5) is 0. The molecule has 1 fully saturated rings. The molecule has 8 heteroatoms. The number of alkyl halides is 3. The lowest BCUT2D eigenvalue weighted by atomic mass is 9.70. The molecule has 0 spiro atoms. The standard InChI is InChI=1S/C29H37F3O4S/c1-5-28(6-2,25-13-14-26(22(4)20-25)36-37(34,35)29(30,31)32)24-12-11-23(21(3)19-24)15-18-27(33)16-9-7-8-10-17-27/h11-15,18-20,33H,5-10,16-17H2,1-4H3/b18-15+. The van der Waals surface area contributed by atoms with Gasteiger partial charge in [0.2, 0.25) is 0 Å². The van der Waals surface area contributed by atoms with Crippen molar-refractivity contribution < 1.29 is 30.9 Å². The first kappa shape index (κ1) is 29.2. The first-order chi connectivity index (χ1) is 17.3. The lowest BCUT2D eigenvalue weighted by Crippen LogP contribution is -2.29. The Labute approximate surface area is 218 Å². The Morgan fingerprint density at radius 2 is 1.46 bits per heavy atom. The van der Waals surface area contributed by atoms with Crippen molar-refractivity contribution in [2.75, 3.05) is 0 Å². The molecule has 0 aliphatic heterocycles. The molecule has 1 aliphatic carbocycles. The Bertz CT molecular complexity index is 1220. The fourth-order valence-corrected chi connectivity index (χ4v) is 5.87. The third-order valence-corrected chi connectivity index (χ3v) is 8.75. The molecule has 0 heterocycles. The number of aryl methyl sites for hydroxylation is 2. The molecule has 2 aromatic rings. The fraction of sp³-hybridized carbons (Fsp3) is 0.517. The van der Waals surface area contributed by atoms with E-state index in [-0.39, 0.29) is 5.75 Å². The molecule has 37 heavy (non-hydrogen) atoms. The Kier molecular flexibility index (Phi) is 8.85. The van der Waals surface area contributed by atoms with Crippen LogP contribution in [0, 0.1) is 13.8 Å². The van der Waals surface area contributed by atoms with E-state index in [0.29, 0.717) is 5.56 Å². The van der Waals surface area contributed by atoms with Gasteiger partial charge in [-0.05, 0) is 73.4 Å². The topological polar surface area (TPSA) is 63.6 Å². The second-order valence-corrected chi connectivity index (χ2v) is 11.7. The second kappa shape index (κ2) is 11.2. The lowest BCUT2D eigenvalue weighted by molar-refractivity contribution is -0.0500. The van der Waals surface area contributed by atoms with Crippen LogP contribution in [0.3, 0.4) is 0 Å². The zero-order chi connectivity index (χ0) is 27.5. The average Bonchev–Trinajstić information content (AvgIpc) is 3.05. The minimum absolute atomic E-state index is 0.310. The quantitative estimate of drug-likeness (QED) is 0.212. The molecule has 3 rings (SSSR count). The number of hydrogen-bond acceptors (Lipinski definition) is 4. The number of rotatable bonds is 8. The molecular formula is C29H37F3O4S. The molecule has 0 aromatic heterocycles. The highest BCUT2D eigenvalue weighted by Gasteiger charge is 2.48. The van der Waals surface area contributed by atoms with Crippen molar-refractivity contribution in [3.63, 3.8) is 0 Å². The predicted octanol–water partition coefficient (Wildman–Crippen LogP) is 7.74. The van der Waals surface area contributed by atoms with Crippen molar-refractivity contribution in [3.8, 4) is 5.75 Å². The molecule has 0 atom stereocenters. The maximum absolute atomic E-state index is 12.8. The van der Waals surface area contributed by atoms with Crippen molar-refractivity contribution in [2.45, 2.75) is 95.6 Å². The zero-order valence-electron chi connectivity index (χ0n) is 22.0. The first-order valence-corrected chi connectivity index (χ1v) is 14.3. The highest BCUT2D eigenvalue weighted by molar-refractivity contribution is 7.88. The summed E-state index contributed by atoms with van der Waals surface area (Å²) in [6.45, 7) is 7.68. The van der Waals surface area contributed by atoms with Crippen LogP contribution < -0.4 is 4.18 Å². The number of benzene rings is 2. The van der Waals surface area contributed by atoms with Crippen LogP contribution >= 0.6 is 0 Å². The summed E-state index contributed by atoms with van der Waals surface area (Å²) in [5, 5.41) is 11.0. The van der Waals surface area contributed by atoms with Gasteiger partial charge in [-0.2, -0.15) is 21.6 Å². The molecule has 1 N–H and O–H groups in total. The van der Waals surface area contributed by atoms with Gasteiger partial charge in [-0.3, -0.25) is 0 Å². The average molecular weight is 539 g/mol. The summed E-state index contributed by atoms with van der Waals surface area (Å²) >= 11 is 0. The van der Waals surface area contributed by atoms with E-state index in [1.165, 1.54) is 13.0 Å². The summed E-state index contributed by atoms with van der Waals surface area (Å²) in [7, 11) is -5.74. The molecule has 0 saturated heterocycles. The van der Waals surface area contributed by atoms with Crippen molar-refractivity contribution in [1.29, 1.82) is 0 Å². The van der Waals surface area contributed by atoms with Crippen LogP contribution in [-0.4, -0.2) is 24.6 Å². The maximum atomic E-state index is 12.8. The van der Waals surface area contributed by atoms with Crippen LogP contribution in [0.1, 0.15) is 93.0 Å². The van der Waals surface area contributed by atoms with Crippen LogP contribution in [0.2, 0.25) is 0 Å². The molecule has 0 bridgehead atoms. The SMILES string of the molecule is CCC(CC)(c1ccc(/C=C/C2(O)CCCCCC2)c(C)c1)c1ccc(OS(=O)(=O)C(F)(F)F)c(C)c1. The van der Waals surface area contributed by atoms with Crippen molar-refractivity contribution in [1.82, 2.24) is 0 Å². The molecule has 1 aliphatic rings. The largest absolute Gasteiger partial charge is 0.534 e. The van der Waals surface area contributed by atoms with Gasteiger partial charge in [0.05, 0.1) is 5.60 Å².